The predicted molar refractivity (Wildman–Crippen MR) is 97.9 cm³/mol. The zero-order chi connectivity index (χ0) is 17.3. The molecular weight excluding hydrogens is 318 g/mol. The van der Waals surface area contributed by atoms with E-state index < -0.39 is 0 Å². The maximum Gasteiger partial charge on any atom is 0.253 e. The summed E-state index contributed by atoms with van der Waals surface area (Å²) in [4.78, 5) is 15.6. The standard InChI is InChI=1S/C19H21N3OS/c1-13-9-10-24-18(13)12-21(4)19(23)16-5-7-17(8-6-16)22-15(3)11-14(2)20-22/h5-11H,12H2,1-4H3. The van der Waals surface area contributed by atoms with Gasteiger partial charge in [0.25, 0.3) is 5.91 Å². The first-order chi connectivity index (χ1) is 11.5. The van der Waals surface area contributed by atoms with Gasteiger partial charge in [0.2, 0.25) is 0 Å². The van der Waals surface area contributed by atoms with Crippen LogP contribution in [0.2, 0.25) is 0 Å². The molecule has 0 fully saturated rings. The zero-order valence-corrected chi connectivity index (χ0v) is 15.2. The Bertz CT molecular complexity index is 861. The Morgan fingerprint density at radius 1 is 1.17 bits per heavy atom. The van der Waals surface area contributed by atoms with Gasteiger partial charge in [0.1, 0.15) is 0 Å². The van der Waals surface area contributed by atoms with E-state index in [0.29, 0.717) is 12.1 Å². The molecule has 24 heavy (non-hydrogen) atoms. The molecule has 0 saturated carbocycles. The van der Waals surface area contributed by atoms with Gasteiger partial charge in [-0.1, -0.05) is 0 Å². The van der Waals surface area contributed by atoms with E-state index in [4.69, 9.17) is 0 Å². The number of amides is 1. The smallest absolute Gasteiger partial charge is 0.253 e. The van der Waals surface area contributed by atoms with Crippen LogP contribution in [-0.2, 0) is 6.54 Å². The van der Waals surface area contributed by atoms with Crippen LogP contribution in [0.25, 0.3) is 5.69 Å². The van der Waals surface area contributed by atoms with Gasteiger partial charge >= 0.3 is 0 Å². The van der Waals surface area contributed by atoms with Crippen LogP contribution in [0.5, 0.6) is 0 Å². The van der Waals surface area contributed by atoms with Crippen molar-refractivity contribution >= 4 is 17.2 Å². The topological polar surface area (TPSA) is 38.1 Å². The molecule has 0 saturated heterocycles. The van der Waals surface area contributed by atoms with Crippen molar-refractivity contribution in [2.45, 2.75) is 27.3 Å². The maximum absolute atomic E-state index is 12.6. The lowest BCUT2D eigenvalue weighted by Gasteiger charge is -2.17. The maximum atomic E-state index is 12.6. The molecule has 0 aliphatic heterocycles. The number of hydrogen-bond donors (Lipinski definition) is 0. The third kappa shape index (κ3) is 3.26. The number of carbonyl (C=O) groups excluding carboxylic acids is 1. The highest BCUT2D eigenvalue weighted by Crippen LogP contribution is 2.19. The third-order valence-electron chi connectivity index (χ3n) is 4.06. The predicted octanol–water partition coefficient (Wildman–Crippen LogP) is 4.13. The quantitative estimate of drug-likeness (QED) is 0.717. The number of carbonyl (C=O) groups is 1. The van der Waals surface area contributed by atoms with Crippen LogP contribution in [-0.4, -0.2) is 27.6 Å². The average molecular weight is 339 g/mol. The van der Waals surface area contributed by atoms with Crippen LogP contribution in [0, 0.1) is 20.8 Å². The van der Waals surface area contributed by atoms with Crippen molar-refractivity contribution in [3.8, 4) is 5.69 Å². The second-order valence-electron chi connectivity index (χ2n) is 6.07. The van der Waals surface area contributed by atoms with Crippen LogP contribution < -0.4 is 0 Å². The molecule has 0 spiro atoms. The number of rotatable bonds is 4. The summed E-state index contributed by atoms with van der Waals surface area (Å²) in [6, 6.07) is 11.7. The highest BCUT2D eigenvalue weighted by Gasteiger charge is 2.14. The lowest BCUT2D eigenvalue weighted by atomic mass is 10.1. The van der Waals surface area contributed by atoms with E-state index in [1.54, 1.807) is 16.2 Å². The average Bonchev–Trinajstić information content (AvgIpc) is 3.12. The fourth-order valence-electron chi connectivity index (χ4n) is 2.71. The Kier molecular flexibility index (Phi) is 4.53. The SMILES string of the molecule is Cc1cc(C)n(-c2ccc(C(=O)N(C)Cc3sccc3C)cc2)n1. The van der Waals surface area contributed by atoms with Gasteiger partial charge in [-0.15, -0.1) is 11.3 Å². The fraction of sp³-hybridized carbons (Fsp3) is 0.263. The normalized spacial score (nSPS) is 10.8. The van der Waals surface area contributed by atoms with Gasteiger partial charge < -0.3 is 4.90 Å². The van der Waals surface area contributed by atoms with Crippen LogP contribution in [0.4, 0.5) is 0 Å². The van der Waals surface area contributed by atoms with Crippen molar-refractivity contribution in [3.63, 3.8) is 0 Å². The summed E-state index contributed by atoms with van der Waals surface area (Å²) in [6.45, 7) is 6.72. The molecule has 3 aromatic rings. The summed E-state index contributed by atoms with van der Waals surface area (Å²) in [7, 11) is 1.84. The van der Waals surface area contributed by atoms with E-state index in [1.165, 1.54) is 10.4 Å². The molecule has 4 nitrogen and oxygen atoms in total. The minimum absolute atomic E-state index is 0.0303. The monoisotopic (exact) mass is 339 g/mol. The van der Waals surface area contributed by atoms with Crippen LogP contribution >= 0.6 is 11.3 Å². The van der Waals surface area contributed by atoms with E-state index in [-0.39, 0.29) is 5.91 Å². The highest BCUT2D eigenvalue weighted by molar-refractivity contribution is 7.10. The number of aromatic nitrogens is 2. The molecule has 0 unspecified atom stereocenters. The summed E-state index contributed by atoms with van der Waals surface area (Å²) < 4.78 is 1.89. The first-order valence-electron chi connectivity index (χ1n) is 7.88. The summed E-state index contributed by atoms with van der Waals surface area (Å²) in [6.07, 6.45) is 0. The molecule has 0 bridgehead atoms. The Morgan fingerprint density at radius 3 is 2.42 bits per heavy atom. The Labute approximate surface area is 146 Å². The Hall–Kier alpha value is -2.40. The summed E-state index contributed by atoms with van der Waals surface area (Å²) in [5.41, 5.74) is 4.96. The molecule has 1 aromatic carbocycles. The van der Waals surface area contributed by atoms with Crippen molar-refractivity contribution in [1.29, 1.82) is 0 Å². The van der Waals surface area contributed by atoms with E-state index in [0.717, 1.165) is 17.1 Å². The second-order valence-corrected chi connectivity index (χ2v) is 7.07. The molecule has 0 aliphatic rings. The van der Waals surface area contributed by atoms with Crippen LogP contribution in [0.15, 0.2) is 41.8 Å². The van der Waals surface area contributed by atoms with E-state index in [1.807, 2.05) is 55.9 Å². The number of nitrogens with zero attached hydrogens (tertiary/aromatic N) is 3. The molecule has 2 aromatic heterocycles. The fourth-order valence-corrected chi connectivity index (χ4v) is 3.67. The van der Waals surface area contributed by atoms with Gasteiger partial charge in [-0.05, 0) is 68.1 Å². The number of thiophene rings is 1. The summed E-state index contributed by atoms with van der Waals surface area (Å²) in [5.74, 6) is 0.0303. The number of benzene rings is 1. The first kappa shape index (κ1) is 16.5. The number of hydrogen-bond acceptors (Lipinski definition) is 3. The van der Waals surface area contributed by atoms with E-state index >= 15 is 0 Å². The largest absolute Gasteiger partial charge is 0.337 e. The molecule has 5 heteroatoms. The molecule has 1 amide bonds. The lowest BCUT2D eigenvalue weighted by molar-refractivity contribution is 0.0786. The molecule has 124 valence electrons. The molecule has 3 rings (SSSR count). The van der Waals surface area contributed by atoms with Gasteiger partial charge in [0, 0.05) is 23.2 Å². The van der Waals surface area contributed by atoms with Crippen molar-refractivity contribution < 1.29 is 4.79 Å². The third-order valence-corrected chi connectivity index (χ3v) is 5.07. The Morgan fingerprint density at radius 2 is 1.88 bits per heavy atom. The van der Waals surface area contributed by atoms with Crippen molar-refractivity contribution in [3.05, 3.63) is 69.2 Å². The lowest BCUT2D eigenvalue weighted by Crippen LogP contribution is -2.26. The number of aryl methyl sites for hydroxylation is 3. The molecule has 2 heterocycles. The van der Waals surface area contributed by atoms with Gasteiger partial charge in [-0.2, -0.15) is 5.10 Å². The second kappa shape index (κ2) is 6.61. The molecule has 0 aliphatic carbocycles. The highest BCUT2D eigenvalue weighted by atomic mass is 32.1. The van der Waals surface area contributed by atoms with Gasteiger partial charge in [-0.25, -0.2) is 4.68 Å². The zero-order valence-electron chi connectivity index (χ0n) is 14.4. The minimum atomic E-state index is 0.0303. The Balaban J connectivity index is 1.76. The van der Waals surface area contributed by atoms with Crippen molar-refractivity contribution in [2.24, 2.45) is 0 Å². The molecule has 0 radical (unpaired) electrons. The molecule has 0 N–H and O–H groups in total. The van der Waals surface area contributed by atoms with Gasteiger partial charge in [0.15, 0.2) is 0 Å². The molecular formula is C19H21N3OS. The van der Waals surface area contributed by atoms with Crippen molar-refractivity contribution in [2.75, 3.05) is 7.05 Å². The first-order valence-corrected chi connectivity index (χ1v) is 8.76. The summed E-state index contributed by atoms with van der Waals surface area (Å²) in [5, 5.41) is 6.53. The van der Waals surface area contributed by atoms with Gasteiger partial charge in [-0.3, -0.25) is 4.79 Å². The minimum Gasteiger partial charge on any atom is -0.337 e. The van der Waals surface area contributed by atoms with Crippen molar-refractivity contribution in [1.82, 2.24) is 14.7 Å². The van der Waals surface area contributed by atoms with E-state index in [9.17, 15) is 4.79 Å². The van der Waals surface area contributed by atoms with Crippen LogP contribution in [0.3, 0.4) is 0 Å². The summed E-state index contributed by atoms with van der Waals surface area (Å²) >= 11 is 1.69. The van der Waals surface area contributed by atoms with Gasteiger partial charge in [0.05, 0.1) is 17.9 Å². The van der Waals surface area contributed by atoms with E-state index in [2.05, 4.69) is 23.5 Å². The molecule has 0 atom stereocenters. The van der Waals surface area contributed by atoms with Crippen LogP contribution in [0.1, 0.15) is 32.2 Å².